The molecule has 31 heavy (non-hydrogen) atoms. The van der Waals surface area contributed by atoms with Gasteiger partial charge in [-0.3, -0.25) is 4.79 Å². The van der Waals surface area contributed by atoms with E-state index in [9.17, 15) is 14.7 Å². The molecule has 10 nitrogen and oxygen atoms in total. The minimum Gasteiger partial charge on any atom is -0.494 e. The third-order valence-corrected chi connectivity index (χ3v) is 4.10. The number of rotatable bonds is 5. The molecule has 0 fully saturated rings. The van der Waals surface area contributed by atoms with E-state index >= 15 is 0 Å². The molecule has 1 amide bonds. The number of aliphatic carboxylic acids is 1. The van der Waals surface area contributed by atoms with Gasteiger partial charge in [-0.15, -0.1) is 0 Å². The maximum Gasteiger partial charge on any atom is 0.416 e. The van der Waals surface area contributed by atoms with Gasteiger partial charge in [0, 0.05) is 23.3 Å². The number of hydrogen-bond acceptors (Lipinski definition) is 8. The number of aromatic nitrogens is 4. The molecule has 2 aromatic heterocycles. The quantitative estimate of drug-likeness (QED) is 0.655. The topological polar surface area (TPSA) is 128 Å². The Hall–Kier alpha value is -3.82. The van der Waals surface area contributed by atoms with E-state index in [0.29, 0.717) is 28.0 Å². The summed E-state index contributed by atoms with van der Waals surface area (Å²) in [7, 11) is 1.49. The van der Waals surface area contributed by atoms with Crippen molar-refractivity contribution in [3.05, 3.63) is 36.4 Å². The molecule has 0 aliphatic heterocycles. The van der Waals surface area contributed by atoms with Crippen LogP contribution in [0.4, 0.5) is 10.6 Å². The second kappa shape index (κ2) is 8.50. The van der Waals surface area contributed by atoms with Crippen LogP contribution in [0.1, 0.15) is 26.3 Å². The number of carbonyl (C=O) groups excluding carboxylic acids is 1. The normalized spacial score (nSPS) is 11.3. The van der Waals surface area contributed by atoms with Gasteiger partial charge in [-0.2, -0.15) is 0 Å². The van der Waals surface area contributed by atoms with Crippen LogP contribution in [0.25, 0.3) is 22.3 Å². The highest BCUT2D eigenvalue weighted by molar-refractivity contribution is 6.03. The number of methoxy groups -OCH3 is 1. The monoisotopic (exact) mass is 425 g/mol. The Kier molecular flexibility index (Phi) is 6.00. The molecule has 0 saturated carbocycles. The molecule has 1 N–H and O–H groups in total. The Morgan fingerprint density at radius 2 is 1.77 bits per heavy atom. The van der Waals surface area contributed by atoms with Gasteiger partial charge in [0.1, 0.15) is 35.6 Å². The maximum atomic E-state index is 12.8. The Morgan fingerprint density at radius 1 is 1.10 bits per heavy atom. The lowest BCUT2D eigenvalue weighted by atomic mass is 10.1. The first-order valence-electron chi connectivity index (χ1n) is 9.43. The molecule has 3 rings (SSSR count). The molecule has 162 valence electrons. The van der Waals surface area contributed by atoms with Gasteiger partial charge >= 0.3 is 12.1 Å². The van der Waals surface area contributed by atoms with Crippen molar-refractivity contribution in [3.63, 3.8) is 0 Å². The molecule has 3 aromatic rings. The van der Waals surface area contributed by atoms with Crippen LogP contribution in [0.15, 0.2) is 30.9 Å². The fourth-order valence-corrected chi connectivity index (χ4v) is 2.84. The summed E-state index contributed by atoms with van der Waals surface area (Å²) in [5, 5.41) is 9.78. The number of ether oxygens (including phenoxy) is 2. The first kappa shape index (κ1) is 21.9. The van der Waals surface area contributed by atoms with E-state index in [4.69, 9.17) is 9.47 Å². The van der Waals surface area contributed by atoms with Gasteiger partial charge in [0.15, 0.2) is 5.82 Å². The summed E-state index contributed by atoms with van der Waals surface area (Å²) >= 11 is 0. The molecule has 0 bridgehead atoms. The van der Waals surface area contributed by atoms with Crippen LogP contribution in [-0.2, 0) is 9.53 Å². The van der Waals surface area contributed by atoms with Gasteiger partial charge < -0.3 is 14.6 Å². The average Bonchev–Trinajstić information content (AvgIpc) is 2.70. The van der Waals surface area contributed by atoms with Gasteiger partial charge in [-0.05, 0) is 45.4 Å². The first-order valence-corrected chi connectivity index (χ1v) is 9.43. The summed E-state index contributed by atoms with van der Waals surface area (Å²) in [5.74, 6) is -0.307. The van der Waals surface area contributed by atoms with Crippen molar-refractivity contribution in [1.29, 1.82) is 0 Å². The second-order valence-corrected chi connectivity index (χ2v) is 7.82. The number of aryl methyl sites for hydroxylation is 1. The van der Waals surface area contributed by atoms with Crippen molar-refractivity contribution in [2.45, 2.75) is 33.3 Å². The number of amides is 1. The Bertz CT molecular complexity index is 1130. The lowest BCUT2D eigenvalue weighted by Gasteiger charge is -2.26. The summed E-state index contributed by atoms with van der Waals surface area (Å²) in [6, 6.07) is 3.41. The lowest BCUT2D eigenvalue weighted by Crippen LogP contribution is -2.40. The highest BCUT2D eigenvalue weighted by atomic mass is 16.6. The average molecular weight is 425 g/mol. The van der Waals surface area contributed by atoms with E-state index in [1.54, 1.807) is 45.3 Å². The van der Waals surface area contributed by atoms with Crippen molar-refractivity contribution in [1.82, 2.24) is 19.9 Å². The lowest BCUT2D eigenvalue weighted by molar-refractivity contribution is -0.135. The Labute approximate surface area is 178 Å². The van der Waals surface area contributed by atoms with E-state index in [2.05, 4.69) is 19.9 Å². The number of nitrogens with zero attached hydrogens (tertiary/aromatic N) is 5. The van der Waals surface area contributed by atoms with Gasteiger partial charge in [0.2, 0.25) is 0 Å². The van der Waals surface area contributed by atoms with Crippen LogP contribution in [0.3, 0.4) is 0 Å². The smallest absolute Gasteiger partial charge is 0.416 e. The number of benzene rings is 1. The molecule has 2 heterocycles. The Balaban J connectivity index is 2.22. The van der Waals surface area contributed by atoms with E-state index in [0.717, 1.165) is 10.5 Å². The van der Waals surface area contributed by atoms with Gasteiger partial charge in [0.25, 0.3) is 0 Å². The summed E-state index contributed by atoms with van der Waals surface area (Å²) in [6.07, 6.45) is 3.75. The molecular formula is C21H23N5O5. The number of fused-ring (bicyclic) bond motifs is 1. The number of carbonyl (C=O) groups is 2. The summed E-state index contributed by atoms with van der Waals surface area (Å²) < 4.78 is 10.9. The number of carboxylic acid groups (broad SMARTS) is 1. The van der Waals surface area contributed by atoms with Crippen molar-refractivity contribution in [2.24, 2.45) is 0 Å². The van der Waals surface area contributed by atoms with Crippen LogP contribution in [-0.4, -0.2) is 56.4 Å². The highest BCUT2D eigenvalue weighted by Crippen LogP contribution is 2.34. The molecule has 0 atom stereocenters. The van der Waals surface area contributed by atoms with E-state index in [1.807, 2.05) is 6.92 Å². The first-order chi connectivity index (χ1) is 14.6. The SMILES string of the molecule is COc1cc(-c2ncc(C)cn2)cc2c(N(CC(=O)O)C(=O)OC(C)(C)C)ncnc12. The molecule has 0 saturated heterocycles. The fourth-order valence-electron chi connectivity index (χ4n) is 2.84. The van der Waals surface area contributed by atoms with Crippen LogP contribution in [0, 0.1) is 6.92 Å². The molecule has 0 unspecified atom stereocenters. The minimum absolute atomic E-state index is 0.0777. The van der Waals surface area contributed by atoms with Crippen LogP contribution in [0.2, 0.25) is 0 Å². The molecule has 0 aliphatic carbocycles. The van der Waals surface area contributed by atoms with E-state index in [1.165, 1.54) is 13.4 Å². The Morgan fingerprint density at radius 3 is 2.35 bits per heavy atom. The predicted molar refractivity (Wildman–Crippen MR) is 113 cm³/mol. The largest absolute Gasteiger partial charge is 0.494 e. The van der Waals surface area contributed by atoms with Crippen molar-refractivity contribution in [2.75, 3.05) is 18.6 Å². The van der Waals surface area contributed by atoms with Crippen molar-refractivity contribution < 1.29 is 24.2 Å². The fraction of sp³-hybridized carbons (Fsp3) is 0.333. The highest BCUT2D eigenvalue weighted by Gasteiger charge is 2.28. The van der Waals surface area contributed by atoms with Crippen LogP contribution >= 0.6 is 0 Å². The summed E-state index contributed by atoms with van der Waals surface area (Å²) in [4.78, 5) is 42.4. The predicted octanol–water partition coefficient (Wildman–Crippen LogP) is 3.23. The summed E-state index contributed by atoms with van der Waals surface area (Å²) in [6.45, 7) is 6.31. The maximum absolute atomic E-state index is 12.8. The van der Waals surface area contributed by atoms with Gasteiger partial charge in [0.05, 0.1) is 7.11 Å². The molecule has 0 radical (unpaired) electrons. The zero-order valence-corrected chi connectivity index (χ0v) is 17.9. The zero-order valence-electron chi connectivity index (χ0n) is 17.9. The minimum atomic E-state index is -1.22. The third kappa shape index (κ3) is 5.03. The van der Waals surface area contributed by atoms with Gasteiger partial charge in [-0.1, -0.05) is 0 Å². The molecule has 10 heteroatoms. The molecular weight excluding hydrogens is 402 g/mol. The van der Waals surface area contributed by atoms with Gasteiger partial charge in [-0.25, -0.2) is 29.6 Å². The second-order valence-electron chi connectivity index (χ2n) is 7.82. The zero-order chi connectivity index (χ0) is 22.8. The van der Waals surface area contributed by atoms with Crippen molar-refractivity contribution in [3.8, 4) is 17.1 Å². The standard InChI is InChI=1S/C21H23N5O5/c1-12-8-22-18(23-9-12)13-6-14-17(15(7-13)30-5)24-11-25-19(14)26(10-16(27)28)20(29)31-21(2,3)4/h6-9,11H,10H2,1-5H3,(H,27,28). The molecule has 0 spiro atoms. The third-order valence-electron chi connectivity index (χ3n) is 4.10. The van der Waals surface area contributed by atoms with Crippen LogP contribution in [0.5, 0.6) is 5.75 Å². The number of hydrogen-bond donors (Lipinski definition) is 1. The number of carboxylic acids is 1. The molecule has 1 aromatic carbocycles. The molecule has 0 aliphatic rings. The van der Waals surface area contributed by atoms with Crippen molar-refractivity contribution >= 4 is 28.8 Å². The van der Waals surface area contributed by atoms with E-state index < -0.39 is 24.2 Å². The summed E-state index contributed by atoms with van der Waals surface area (Å²) in [5.41, 5.74) is 1.08. The van der Waals surface area contributed by atoms with Crippen LogP contribution < -0.4 is 9.64 Å². The number of anilines is 1. The van der Waals surface area contributed by atoms with E-state index in [-0.39, 0.29) is 5.82 Å².